The molecule has 0 spiro atoms. The van der Waals surface area contributed by atoms with Gasteiger partial charge in [-0.1, -0.05) is 60.4 Å². The van der Waals surface area contributed by atoms with Crippen LogP contribution in [-0.2, 0) is 39.5 Å². The monoisotopic (exact) mass is 652 g/mol. The Morgan fingerprint density at radius 1 is 0.622 bits per heavy atom. The summed E-state index contributed by atoms with van der Waals surface area (Å²) in [6.45, 7) is 7.40. The minimum Gasteiger partial charge on any atom is -0.657 e. The summed E-state index contributed by atoms with van der Waals surface area (Å²) in [4.78, 5) is 42.7. The van der Waals surface area contributed by atoms with Crippen LogP contribution in [-0.4, -0.2) is 55.5 Å². The second-order valence-electron chi connectivity index (χ2n) is 11.0. The van der Waals surface area contributed by atoms with Gasteiger partial charge in [0.15, 0.2) is 0 Å². The van der Waals surface area contributed by atoms with Gasteiger partial charge in [0.1, 0.15) is 0 Å². The van der Waals surface area contributed by atoms with Crippen molar-refractivity contribution >= 4 is 56.3 Å². The Morgan fingerprint density at radius 3 is 1.53 bits per heavy atom. The number of aromatic nitrogens is 4. The molecule has 3 aromatic rings. The molecule has 2 aliphatic heterocycles. The third kappa shape index (κ3) is 6.53. The first-order chi connectivity index (χ1) is 21.1. The maximum Gasteiger partial charge on any atom is 2.00 e. The molecule has 0 atom stereocenters. The zero-order valence-electron chi connectivity index (χ0n) is 25.7. The molecule has 11 heteroatoms. The number of aliphatic hydroxyl groups is 2. The van der Waals surface area contributed by atoms with Crippen molar-refractivity contribution in [2.45, 2.75) is 66.2 Å². The summed E-state index contributed by atoms with van der Waals surface area (Å²) in [6, 6.07) is 7.34. The zero-order chi connectivity index (χ0) is 31.7. The second kappa shape index (κ2) is 14.0. The van der Waals surface area contributed by atoms with E-state index >= 15 is 0 Å². The van der Waals surface area contributed by atoms with Gasteiger partial charge in [-0.05, 0) is 50.7 Å². The molecule has 236 valence electrons. The first-order valence-electron chi connectivity index (χ1n) is 14.8. The van der Waals surface area contributed by atoms with Gasteiger partial charge in [0, 0.05) is 24.0 Å². The fourth-order valence-corrected chi connectivity index (χ4v) is 6.17. The van der Waals surface area contributed by atoms with Crippen molar-refractivity contribution in [3.05, 3.63) is 69.3 Å². The van der Waals surface area contributed by atoms with E-state index in [0.29, 0.717) is 68.9 Å². The summed E-state index contributed by atoms with van der Waals surface area (Å²) in [5.74, 6) is -1.91. The smallest absolute Gasteiger partial charge is 0.657 e. The van der Waals surface area contributed by atoms with E-state index < -0.39 is 11.9 Å². The maximum atomic E-state index is 11.6. The quantitative estimate of drug-likeness (QED) is 0.222. The van der Waals surface area contributed by atoms with Crippen molar-refractivity contribution < 1.29 is 47.1 Å². The van der Waals surface area contributed by atoms with Gasteiger partial charge in [0.05, 0.1) is 36.0 Å². The molecule has 3 aromatic heterocycles. The summed E-state index contributed by atoms with van der Waals surface area (Å²) < 4.78 is 0. The molecule has 0 aromatic carbocycles. The van der Waals surface area contributed by atoms with Gasteiger partial charge in [-0.2, -0.15) is 0 Å². The first-order valence-corrected chi connectivity index (χ1v) is 14.8. The van der Waals surface area contributed by atoms with E-state index in [1.54, 1.807) is 6.07 Å². The van der Waals surface area contributed by atoms with Crippen LogP contribution in [0, 0.1) is 13.8 Å². The van der Waals surface area contributed by atoms with Crippen LogP contribution in [0.1, 0.15) is 84.6 Å². The van der Waals surface area contributed by atoms with Crippen molar-refractivity contribution in [2.75, 3.05) is 13.2 Å². The van der Waals surface area contributed by atoms with Crippen LogP contribution in [0.5, 0.6) is 0 Å². The van der Waals surface area contributed by atoms with Crippen molar-refractivity contribution in [1.82, 2.24) is 19.9 Å². The van der Waals surface area contributed by atoms with Crippen molar-refractivity contribution in [2.24, 2.45) is 0 Å². The molecule has 0 saturated carbocycles. The molecule has 0 amide bonds. The average molecular weight is 653 g/mol. The standard InChI is InChI=1S/C34H38N4O6.Fe/c1-5-19-17(3)25-11-28-20(6-2)23(15-39)31(37-28)12-26-18(4)21(7-9-33(41)42)29(36-26)14-30-22(8-10-34(43)44)24(16-40)32(38-30)13-27(19)35-25;/h11-14,39-40H,5-10,15-16H2,1-4H3,(H4,35,36,37,38,41,42,43,44);/q;+2/p-2. The molecule has 8 bridgehead atoms. The van der Waals surface area contributed by atoms with Gasteiger partial charge < -0.3 is 30.4 Å². The summed E-state index contributed by atoms with van der Waals surface area (Å²) >= 11 is 0. The largest absolute Gasteiger partial charge is 2.00 e. The molecule has 0 unspecified atom stereocenters. The number of hydrogen-bond donors (Lipinski definition) is 4. The first kappa shape index (κ1) is 33.9. The molecule has 10 nitrogen and oxygen atoms in total. The minimum absolute atomic E-state index is 0. The fourth-order valence-electron chi connectivity index (χ4n) is 6.17. The van der Waals surface area contributed by atoms with Crippen LogP contribution in [0.4, 0.5) is 0 Å². The Bertz CT molecular complexity index is 1900. The van der Waals surface area contributed by atoms with Gasteiger partial charge in [-0.3, -0.25) is 9.59 Å². The Labute approximate surface area is 271 Å². The van der Waals surface area contributed by atoms with E-state index in [0.717, 1.165) is 33.3 Å². The predicted molar refractivity (Wildman–Crippen MR) is 169 cm³/mol. The predicted octanol–water partition coefficient (Wildman–Crippen LogP) is 4.85. The van der Waals surface area contributed by atoms with Crippen LogP contribution in [0.25, 0.3) is 44.4 Å². The number of aliphatic carboxylic acids is 2. The van der Waals surface area contributed by atoms with Gasteiger partial charge >= 0.3 is 29.0 Å². The summed E-state index contributed by atoms with van der Waals surface area (Å²) in [5.41, 5.74) is 11.1. The molecular formula is C34H36FeN4O6. The summed E-state index contributed by atoms with van der Waals surface area (Å²) in [6.07, 6.45) is 1.47. The van der Waals surface area contributed by atoms with Crippen molar-refractivity contribution in [3.8, 4) is 0 Å². The molecule has 4 N–H and O–H groups in total. The summed E-state index contributed by atoms with van der Waals surface area (Å²) in [5, 5.41) is 39.8. The van der Waals surface area contributed by atoms with Crippen molar-refractivity contribution in [1.29, 1.82) is 0 Å². The molecule has 5 heterocycles. The Balaban J connectivity index is 0.00000461. The minimum atomic E-state index is -0.972. The molecule has 0 radical (unpaired) electrons. The van der Waals surface area contributed by atoms with Crippen LogP contribution < -0.4 is 9.97 Å². The molecule has 2 aliphatic rings. The number of aliphatic hydroxyl groups excluding tert-OH is 2. The van der Waals surface area contributed by atoms with E-state index in [2.05, 4.69) is 0 Å². The number of aryl methyl sites for hydroxylation is 4. The zero-order valence-corrected chi connectivity index (χ0v) is 26.8. The van der Waals surface area contributed by atoms with Crippen molar-refractivity contribution in [3.63, 3.8) is 0 Å². The number of carbonyl (C=O) groups is 2. The number of carboxylic acids is 2. The van der Waals surface area contributed by atoms with E-state index in [1.165, 1.54) is 0 Å². The fraction of sp³-hybridized carbons (Fsp3) is 0.353. The SMILES string of the molecule is CCC1=C(CO)c2cc3[n-]c(cc4nc(cc5[n-]c(cc1n2)c(C)c5CC)C(CO)=C4CCC(=O)O)c(CCC(=O)O)c3C.[Fe+2]. The Kier molecular flexibility index (Phi) is 10.5. The number of hydrogen-bond acceptors (Lipinski definition) is 6. The summed E-state index contributed by atoms with van der Waals surface area (Å²) in [7, 11) is 0. The van der Waals surface area contributed by atoms with Crippen LogP contribution in [0.3, 0.4) is 0 Å². The number of rotatable bonds is 10. The topological polar surface area (TPSA) is 169 Å². The molecule has 0 fully saturated rings. The van der Waals surface area contributed by atoms with Gasteiger partial charge in [0.25, 0.3) is 0 Å². The molecule has 0 aliphatic carbocycles. The van der Waals surface area contributed by atoms with Crippen LogP contribution in [0.15, 0.2) is 24.3 Å². The Hall–Kier alpha value is -4.02. The van der Waals surface area contributed by atoms with Gasteiger partial charge in [-0.25, -0.2) is 9.97 Å². The van der Waals surface area contributed by atoms with E-state index in [1.807, 2.05) is 45.9 Å². The number of fused-ring (bicyclic) bond motifs is 8. The molecular weight excluding hydrogens is 616 g/mol. The van der Waals surface area contributed by atoms with Crippen LogP contribution in [0.2, 0.25) is 0 Å². The number of carboxylic acid groups (broad SMARTS) is 2. The maximum absolute atomic E-state index is 11.6. The second-order valence-corrected chi connectivity index (χ2v) is 11.0. The van der Waals surface area contributed by atoms with E-state index in [-0.39, 0.29) is 56.0 Å². The molecule has 5 rings (SSSR count). The third-order valence-electron chi connectivity index (χ3n) is 8.52. The normalized spacial score (nSPS) is 12.9. The van der Waals surface area contributed by atoms with Crippen LogP contribution >= 0.6 is 0 Å². The van der Waals surface area contributed by atoms with E-state index in [4.69, 9.17) is 19.9 Å². The average Bonchev–Trinajstić information content (AvgIpc) is 3.67. The van der Waals surface area contributed by atoms with Gasteiger partial charge in [-0.15, -0.1) is 22.1 Å². The number of nitrogens with zero attached hydrogens (tertiary/aromatic N) is 4. The van der Waals surface area contributed by atoms with E-state index in [9.17, 15) is 30.0 Å². The number of allylic oxidation sites excluding steroid dienone is 2. The molecule has 45 heavy (non-hydrogen) atoms. The molecule has 0 saturated heterocycles. The van der Waals surface area contributed by atoms with Gasteiger partial charge in [0.2, 0.25) is 0 Å². The Morgan fingerprint density at radius 2 is 1.04 bits per heavy atom. The third-order valence-corrected chi connectivity index (χ3v) is 8.52.